The van der Waals surface area contributed by atoms with Crippen molar-refractivity contribution in [2.45, 2.75) is 45.9 Å². The number of amides is 2. The molecule has 0 saturated heterocycles. The molecule has 6 nitrogen and oxygen atoms in total. The molecule has 0 aromatic heterocycles. The van der Waals surface area contributed by atoms with Crippen molar-refractivity contribution in [3.63, 3.8) is 0 Å². The fourth-order valence-corrected chi connectivity index (χ4v) is 3.64. The van der Waals surface area contributed by atoms with Crippen molar-refractivity contribution < 1.29 is 19.1 Å². The number of nitrogens with zero attached hydrogens (tertiary/aromatic N) is 1. The first-order valence-corrected chi connectivity index (χ1v) is 12.4. The molecule has 7 heteroatoms. The van der Waals surface area contributed by atoms with Crippen molar-refractivity contribution in [2.75, 3.05) is 13.1 Å². The molecule has 0 aliphatic carbocycles. The minimum absolute atomic E-state index is 0.147. The molecule has 1 N–H and O–H groups in total. The van der Waals surface area contributed by atoms with Crippen LogP contribution < -0.4 is 10.1 Å². The number of para-hydroxylation sites is 1. The topological polar surface area (TPSA) is 67.9 Å². The van der Waals surface area contributed by atoms with Gasteiger partial charge >= 0.3 is 6.09 Å². The fourth-order valence-electron chi connectivity index (χ4n) is 3.51. The zero-order chi connectivity index (χ0) is 26.0. The largest absolute Gasteiger partial charge is 0.488 e. The Kier molecular flexibility index (Phi) is 9.77. The second-order valence-electron chi connectivity index (χ2n) is 9.41. The highest BCUT2D eigenvalue weighted by Gasteiger charge is 2.21. The highest BCUT2D eigenvalue weighted by molar-refractivity contribution is 6.30. The molecule has 190 valence electrons. The third-order valence-corrected chi connectivity index (χ3v) is 5.45. The highest BCUT2D eigenvalue weighted by Crippen LogP contribution is 2.23. The van der Waals surface area contributed by atoms with Gasteiger partial charge in [0, 0.05) is 24.7 Å². The molecule has 0 fully saturated rings. The molecule has 0 unspecified atom stereocenters. The highest BCUT2D eigenvalue weighted by atomic mass is 35.5. The zero-order valence-corrected chi connectivity index (χ0v) is 21.8. The summed E-state index contributed by atoms with van der Waals surface area (Å²) in [6, 6.07) is 24.5. The molecule has 3 rings (SSSR count). The second-order valence-corrected chi connectivity index (χ2v) is 9.84. The maximum atomic E-state index is 13.7. The third kappa shape index (κ3) is 8.93. The zero-order valence-electron chi connectivity index (χ0n) is 21.0. The lowest BCUT2D eigenvalue weighted by atomic mass is 10.1. The van der Waals surface area contributed by atoms with E-state index >= 15 is 0 Å². The van der Waals surface area contributed by atoms with Crippen LogP contribution in [0.3, 0.4) is 0 Å². The van der Waals surface area contributed by atoms with Gasteiger partial charge in [0.25, 0.3) is 5.91 Å². The van der Waals surface area contributed by atoms with Gasteiger partial charge in [0.1, 0.15) is 18.0 Å². The predicted molar refractivity (Wildman–Crippen MR) is 142 cm³/mol. The van der Waals surface area contributed by atoms with E-state index in [1.165, 1.54) is 0 Å². The van der Waals surface area contributed by atoms with E-state index in [0.29, 0.717) is 49.0 Å². The van der Waals surface area contributed by atoms with Gasteiger partial charge in [-0.1, -0.05) is 66.2 Å². The number of nitrogens with one attached hydrogen (secondary N) is 1. The number of halogens is 1. The Hall–Kier alpha value is -3.51. The molecule has 0 spiro atoms. The molecular formula is C29H33ClN2O4. The quantitative estimate of drug-likeness (QED) is 0.318. The summed E-state index contributed by atoms with van der Waals surface area (Å²) in [4.78, 5) is 27.4. The monoisotopic (exact) mass is 508 g/mol. The molecule has 0 aliphatic rings. The lowest BCUT2D eigenvalue weighted by molar-refractivity contribution is 0.0525. The Labute approximate surface area is 218 Å². The van der Waals surface area contributed by atoms with Crippen LogP contribution in [0.1, 0.15) is 48.7 Å². The van der Waals surface area contributed by atoms with E-state index in [1.54, 1.807) is 29.2 Å². The standard InChI is InChI=1S/C29H33ClN2O4/c1-29(2,3)36-28(34)31-18-9-19-32(20-22-14-16-24(30)17-15-22)27(33)25-12-7-8-13-26(25)35-21-23-10-5-4-6-11-23/h4-8,10-17H,9,18-21H2,1-3H3,(H,31,34). The average molecular weight is 509 g/mol. The third-order valence-electron chi connectivity index (χ3n) is 5.20. The molecular weight excluding hydrogens is 476 g/mol. The van der Waals surface area contributed by atoms with Crippen LogP contribution >= 0.6 is 11.6 Å². The average Bonchev–Trinajstić information content (AvgIpc) is 2.85. The first-order valence-electron chi connectivity index (χ1n) is 12.0. The van der Waals surface area contributed by atoms with Gasteiger partial charge in [-0.2, -0.15) is 0 Å². The van der Waals surface area contributed by atoms with Crippen molar-refractivity contribution in [1.29, 1.82) is 0 Å². The summed E-state index contributed by atoms with van der Waals surface area (Å²) in [5.41, 5.74) is 1.90. The Morgan fingerprint density at radius 2 is 1.56 bits per heavy atom. The summed E-state index contributed by atoms with van der Waals surface area (Å²) in [7, 11) is 0. The summed E-state index contributed by atoms with van der Waals surface area (Å²) in [6.07, 6.45) is 0.0868. The summed E-state index contributed by atoms with van der Waals surface area (Å²) in [6.45, 7) is 7.02. The Balaban J connectivity index is 1.71. The molecule has 0 aliphatic heterocycles. The number of ether oxygens (including phenoxy) is 2. The lowest BCUT2D eigenvalue weighted by Crippen LogP contribution is -2.36. The number of hydrogen-bond acceptors (Lipinski definition) is 4. The summed E-state index contributed by atoms with van der Waals surface area (Å²) < 4.78 is 11.3. The van der Waals surface area contributed by atoms with Gasteiger partial charge in [-0.3, -0.25) is 4.79 Å². The Morgan fingerprint density at radius 3 is 2.25 bits per heavy atom. The van der Waals surface area contributed by atoms with E-state index < -0.39 is 11.7 Å². The molecule has 3 aromatic rings. The number of carbonyl (C=O) groups is 2. The van der Waals surface area contributed by atoms with Gasteiger partial charge in [0.2, 0.25) is 0 Å². The van der Waals surface area contributed by atoms with E-state index in [9.17, 15) is 9.59 Å². The SMILES string of the molecule is CC(C)(C)OC(=O)NCCCN(Cc1ccc(Cl)cc1)C(=O)c1ccccc1OCc1ccccc1. The van der Waals surface area contributed by atoms with E-state index in [-0.39, 0.29) is 5.91 Å². The van der Waals surface area contributed by atoms with Gasteiger partial charge in [-0.25, -0.2) is 4.79 Å². The van der Waals surface area contributed by atoms with Gasteiger partial charge in [0.05, 0.1) is 5.56 Å². The molecule has 0 bridgehead atoms. The van der Waals surface area contributed by atoms with Crippen molar-refractivity contribution in [3.8, 4) is 5.75 Å². The second kappa shape index (κ2) is 13.0. The van der Waals surface area contributed by atoms with E-state index in [0.717, 1.165) is 11.1 Å². The Bertz CT molecular complexity index is 1130. The van der Waals surface area contributed by atoms with Crippen LogP contribution in [0.4, 0.5) is 4.79 Å². The molecule has 0 atom stereocenters. The smallest absolute Gasteiger partial charge is 0.407 e. The van der Waals surface area contributed by atoms with Gasteiger partial charge < -0.3 is 19.7 Å². The van der Waals surface area contributed by atoms with Crippen LogP contribution in [0.2, 0.25) is 5.02 Å². The van der Waals surface area contributed by atoms with Crippen molar-refractivity contribution in [1.82, 2.24) is 10.2 Å². The van der Waals surface area contributed by atoms with Gasteiger partial charge in [0.15, 0.2) is 0 Å². The van der Waals surface area contributed by atoms with Crippen molar-refractivity contribution in [2.24, 2.45) is 0 Å². The molecule has 0 saturated carbocycles. The van der Waals surface area contributed by atoms with Crippen LogP contribution in [-0.2, 0) is 17.9 Å². The first kappa shape index (κ1) is 27.1. The van der Waals surface area contributed by atoms with Crippen LogP contribution in [0.25, 0.3) is 0 Å². The number of hydrogen-bond donors (Lipinski definition) is 1. The van der Waals surface area contributed by atoms with E-state index in [4.69, 9.17) is 21.1 Å². The Morgan fingerprint density at radius 1 is 0.889 bits per heavy atom. The van der Waals surface area contributed by atoms with Gasteiger partial charge in [-0.05, 0) is 62.6 Å². The predicted octanol–water partition coefficient (Wildman–Crippen LogP) is 6.48. The van der Waals surface area contributed by atoms with Crippen molar-refractivity contribution in [3.05, 3.63) is 101 Å². The number of carbonyl (C=O) groups excluding carboxylic acids is 2. The summed E-state index contributed by atoms with van der Waals surface area (Å²) in [5, 5.41) is 3.39. The fraction of sp³-hybridized carbons (Fsp3) is 0.310. The molecule has 0 heterocycles. The van der Waals surface area contributed by atoms with Crippen LogP contribution in [-0.4, -0.2) is 35.6 Å². The van der Waals surface area contributed by atoms with Crippen LogP contribution in [0.15, 0.2) is 78.9 Å². The van der Waals surface area contributed by atoms with Gasteiger partial charge in [-0.15, -0.1) is 0 Å². The normalized spacial score (nSPS) is 11.0. The minimum Gasteiger partial charge on any atom is -0.488 e. The molecule has 2 amide bonds. The minimum atomic E-state index is -0.565. The maximum absolute atomic E-state index is 13.7. The molecule has 36 heavy (non-hydrogen) atoms. The number of rotatable bonds is 10. The summed E-state index contributed by atoms with van der Waals surface area (Å²) >= 11 is 6.04. The first-order chi connectivity index (χ1) is 17.2. The number of alkyl carbamates (subject to hydrolysis) is 1. The maximum Gasteiger partial charge on any atom is 0.407 e. The van der Waals surface area contributed by atoms with E-state index in [1.807, 2.05) is 75.4 Å². The van der Waals surface area contributed by atoms with Crippen molar-refractivity contribution >= 4 is 23.6 Å². The number of benzene rings is 3. The lowest BCUT2D eigenvalue weighted by Gasteiger charge is -2.25. The molecule has 0 radical (unpaired) electrons. The molecule has 3 aromatic carbocycles. The summed E-state index contributed by atoms with van der Waals surface area (Å²) in [5.74, 6) is 0.380. The van der Waals surface area contributed by atoms with Crippen LogP contribution in [0, 0.1) is 0 Å². The van der Waals surface area contributed by atoms with Crippen LogP contribution in [0.5, 0.6) is 5.75 Å². The van der Waals surface area contributed by atoms with E-state index in [2.05, 4.69) is 5.32 Å².